The summed E-state index contributed by atoms with van der Waals surface area (Å²) >= 11 is 0. The molecular formula is C25H28N6O5. The van der Waals surface area contributed by atoms with E-state index in [-0.39, 0.29) is 42.0 Å². The fourth-order valence-electron chi connectivity index (χ4n) is 4.44. The van der Waals surface area contributed by atoms with Gasteiger partial charge < -0.3 is 10.2 Å². The molecule has 1 aromatic carbocycles. The zero-order chi connectivity index (χ0) is 25.7. The van der Waals surface area contributed by atoms with E-state index in [2.05, 4.69) is 25.5 Å². The average molecular weight is 493 g/mol. The van der Waals surface area contributed by atoms with Crippen LogP contribution < -0.4 is 10.6 Å². The topological polar surface area (TPSA) is 142 Å². The fraction of sp³-hybridized carbons (Fsp3) is 0.400. The maximum Gasteiger partial charge on any atom is 0.264 e. The van der Waals surface area contributed by atoms with Crippen molar-refractivity contribution in [3.05, 3.63) is 53.6 Å². The first kappa shape index (κ1) is 25.1. The number of aromatic nitrogens is 2. The molecular weight excluding hydrogens is 464 g/mol. The molecule has 2 N–H and O–H groups in total. The second-order valence-corrected chi connectivity index (χ2v) is 8.97. The van der Waals surface area contributed by atoms with Crippen molar-refractivity contribution in [2.75, 3.05) is 18.9 Å². The summed E-state index contributed by atoms with van der Waals surface area (Å²) in [6.45, 7) is 1.56. The maximum atomic E-state index is 13.1. The Morgan fingerprint density at radius 3 is 2.72 bits per heavy atom. The molecule has 0 radical (unpaired) electrons. The van der Waals surface area contributed by atoms with Crippen LogP contribution in [0, 0.1) is 0 Å². The lowest BCUT2D eigenvalue weighted by atomic mass is 10.0. The normalized spacial score (nSPS) is 17.4. The Bertz CT molecular complexity index is 1180. The number of imide groups is 2. The molecule has 11 nitrogen and oxygen atoms in total. The smallest absolute Gasteiger partial charge is 0.264 e. The molecule has 0 bridgehead atoms. The van der Waals surface area contributed by atoms with Gasteiger partial charge in [-0.25, -0.2) is 0 Å². The van der Waals surface area contributed by atoms with Crippen molar-refractivity contribution in [2.24, 2.45) is 0 Å². The van der Waals surface area contributed by atoms with Crippen LogP contribution in [0.25, 0.3) is 0 Å². The number of hydrogen-bond acceptors (Lipinski definition) is 8. The molecule has 1 fully saturated rings. The quantitative estimate of drug-likeness (QED) is 0.375. The van der Waals surface area contributed by atoms with E-state index < -0.39 is 29.7 Å². The summed E-state index contributed by atoms with van der Waals surface area (Å²) in [5.74, 6) is -2.61. The summed E-state index contributed by atoms with van der Waals surface area (Å²) in [6, 6.07) is 3.60. The molecule has 36 heavy (non-hydrogen) atoms. The zero-order valence-corrected chi connectivity index (χ0v) is 20.0. The summed E-state index contributed by atoms with van der Waals surface area (Å²) in [7, 11) is 2.01. The van der Waals surface area contributed by atoms with Crippen LogP contribution in [0.2, 0.25) is 0 Å². The Hall–Kier alpha value is -3.99. The van der Waals surface area contributed by atoms with Gasteiger partial charge in [-0.1, -0.05) is 12.5 Å². The van der Waals surface area contributed by atoms with E-state index in [1.165, 1.54) is 6.07 Å². The minimum atomic E-state index is -1.05. The Morgan fingerprint density at radius 1 is 1.14 bits per heavy atom. The number of nitrogens with zero attached hydrogens (tertiary/aromatic N) is 4. The van der Waals surface area contributed by atoms with E-state index >= 15 is 0 Å². The fourth-order valence-corrected chi connectivity index (χ4v) is 4.44. The van der Waals surface area contributed by atoms with Crippen LogP contribution in [-0.2, 0) is 20.9 Å². The number of amides is 5. The maximum absolute atomic E-state index is 13.1. The highest BCUT2D eigenvalue weighted by Gasteiger charge is 2.45. The summed E-state index contributed by atoms with van der Waals surface area (Å²) in [5.41, 5.74) is 1.35. The minimum absolute atomic E-state index is 0.0452. The van der Waals surface area contributed by atoms with Crippen LogP contribution in [0.1, 0.15) is 64.9 Å². The van der Waals surface area contributed by atoms with Gasteiger partial charge in [0.25, 0.3) is 11.8 Å². The van der Waals surface area contributed by atoms with Crippen molar-refractivity contribution in [1.29, 1.82) is 0 Å². The van der Waals surface area contributed by atoms with Crippen molar-refractivity contribution < 1.29 is 24.0 Å². The van der Waals surface area contributed by atoms with Gasteiger partial charge in [-0.15, -0.1) is 0 Å². The van der Waals surface area contributed by atoms with Crippen LogP contribution in [-0.4, -0.2) is 68.9 Å². The number of carbonyl (C=O) groups excluding carboxylic acids is 5. The lowest BCUT2D eigenvalue weighted by Gasteiger charge is -2.27. The number of carbonyl (C=O) groups is 5. The van der Waals surface area contributed by atoms with Crippen molar-refractivity contribution in [3.8, 4) is 0 Å². The highest BCUT2D eigenvalue weighted by atomic mass is 16.2. The van der Waals surface area contributed by atoms with Crippen molar-refractivity contribution in [1.82, 2.24) is 25.1 Å². The Labute approximate surface area is 208 Å². The van der Waals surface area contributed by atoms with Crippen molar-refractivity contribution >= 4 is 35.2 Å². The Morgan fingerprint density at radius 2 is 1.97 bits per heavy atom. The van der Waals surface area contributed by atoms with Crippen molar-refractivity contribution in [3.63, 3.8) is 0 Å². The van der Waals surface area contributed by atoms with Crippen LogP contribution in [0.5, 0.6) is 0 Å². The average Bonchev–Trinajstić information content (AvgIpc) is 3.10. The molecule has 1 unspecified atom stereocenters. The molecule has 188 valence electrons. The van der Waals surface area contributed by atoms with Crippen LogP contribution in [0.3, 0.4) is 0 Å². The van der Waals surface area contributed by atoms with Crippen LogP contribution >= 0.6 is 0 Å². The van der Waals surface area contributed by atoms with E-state index in [1.807, 2.05) is 7.05 Å². The molecule has 1 aromatic heterocycles. The molecule has 5 amide bonds. The van der Waals surface area contributed by atoms with Gasteiger partial charge in [-0.05, 0) is 45.0 Å². The number of hydrogen-bond donors (Lipinski definition) is 2. The van der Waals surface area contributed by atoms with Gasteiger partial charge in [0.2, 0.25) is 17.7 Å². The number of rotatable bonds is 10. The number of piperidine rings is 1. The van der Waals surface area contributed by atoms with Gasteiger partial charge in [-0.2, -0.15) is 0 Å². The van der Waals surface area contributed by atoms with E-state index in [0.29, 0.717) is 13.0 Å². The molecule has 0 aliphatic carbocycles. The predicted molar refractivity (Wildman–Crippen MR) is 129 cm³/mol. The molecule has 0 spiro atoms. The summed E-state index contributed by atoms with van der Waals surface area (Å²) in [4.78, 5) is 73.6. The van der Waals surface area contributed by atoms with Gasteiger partial charge in [0.05, 0.1) is 22.5 Å². The molecule has 2 aliphatic heterocycles. The molecule has 2 aliphatic rings. The molecule has 3 heterocycles. The molecule has 1 saturated heterocycles. The highest BCUT2D eigenvalue weighted by molar-refractivity contribution is 6.26. The van der Waals surface area contributed by atoms with Gasteiger partial charge in [-0.3, -0.25) is 44.2 Å². The number of anilines is 1. The standard InChI is InChI=1S/C25H28N6O5/c1-30(15-16-14-26-11-12-27-16)13-4-2-3-8-20(32)28-18-7-5-6-17-22(18)25(36)31(24(17)35)19-9-10-21(33)29-23(19)34/h5-7,11-12,14,19H,2-4,8-10,13,15H2,1H3,(H,28,32)(H,29,33,34). The van der Waals surface area contributed by atoms with Gasteiger partial charge in [0, 0.05) is 38.0 Å². The lowest BCUT2D eigenvalue weighted by Crippen LogP contribution is -2.54. The minimum Gasteiger partial charge on any atom is -0.325 e. The molecule has 1 atom stereocenters. The first-order valence-corrected chi connectivity index (χ1v) is 11.9. The van der Waals surface area contributed by atoms with Crippen molar-refractivity contribution in [2.45, 2.75) is 51.1 Å². The largest absolute Gasteiger partial charge is 0.325 e. The highest BCUT2D eigenvalue weighted by Crippen LogP contribution is 2.32. The predicted octanol–water partition coefficient (Wildman–Crippen LogP) is 1.51. The van der Waals surface area contributed by atoms with Gasteiger partial charge >= 0.3 is 0 Å². The lowest BCUT2D eigenvalue weighted by molar-refractivity contribution is -0.136. The molecule has 11 heteroatoms. The Kier molecular flexibility index (Phi) is 7.79. The van der Waals surface area contributed by atoms with E-state index in [4.69, 9.17) is 0 Å². The van der Waals surface area contributed by atoms with Crippen LogP contribution in [0.15, 0.2) is 36.8 Å². The van der Waals surface area contributed by atoms with Crippen LogP contribution in [0.4, 0.5) is 5.69 Å². The first-order chi connectivity index (χ1) is 17.3. The molecule has 0 saturated carbocycles. The van der Waals surface area contributed by atoms with Gasteiger partial charge in [0.15, 0.2) is 0 Å². The summed E-state index contributed by atoms with van der Waals surface area (Å²) in [6.07, 6.45) is 7.88. The third-order valence-corrected chi connectivity index (χ3v) is 6.23. The zero-order valence-electron chi connectivity index (χ0n) is 20.0. The number of fused-ring (bicyclic) bond motifs is 1. The number of unbranched alkanes of at least 4 members (excludes halogenated alkanes) is 2. The summed E-state index contributed by atoms with van der Waals surface area (Å²) < 4.78 is 0. The third-order valence-electron chi connectivity index (χ3n) is 6.23. The Balaban J connectivity index is 1.28. The monoisotopic (exact) mass is 492 g/mol. The SMILES string of the molecule is CN(CCCCCC(=O)Nc1cccc2c1C(=O)N(C1CCC(=O)NC1=O)C2=O)Cc1cnccn1. The first-order valence-electron chi connectivity index (χ1n) is 11.9. The molecule has 4 rings (SSSR count). The second-order valence-electron chi connectivity index (χ2n) is 8.97. The van der Waals surface area contributed by atoms with E-state index in [0.717, 1.165) is 30.0 Å². The molecule has 2 aromatic rings. The van der Waals surface area contributed by atoms with E-state index in [9.17, 15) is 24.0 Å². The van der Waals surface area contributed by atoms with Gasteiger partial charge in [0.1, 0.15) is 6.04 Å². The second kappa shape index (κ2) is 11.2. The third kappa shape index (κ3) is 5.62. The summed E-state index contributed by atoms with van der Waals surface area (Å²) in [5, 5.41) is 4.92. The van der Waals surface area contributed by atoms with E-state index in [1.54, 1.807) is 30.7 Å². The number of nitrogens with one attached hydrogen (secondary N) is 2. The number of benzene rings is 1.